The lowest BCUT2D eigenvalue weighted by atomic mass is 9.96. The number of carbonyl (C=O) groups is 1. The van der Waals surface area contributed by atoms with Crippen LogP contribution in [0.25, 0.3) is 0 Å². The van der Waals surface area contributed by atoms with Crippen LogP contribution < -0.4 is 5.32 Å². The van der Waals surface area contributed by atoms with Gasteiger partial charge in [-0.05, 0) is 37.0 Å². The maximum atomic E-state index is 12.6. The Morgan fingerprint density at radius 3 is 2.38 bits per heavy atom. The van der Waals surface area contributed by atoms with Gasteiger partial charge in [-0.15, -0.1) is 0 Å². The summed E-state index contributed by atoms with van der Waals surface area (Å²) in [5.74, 6) is 0.205. The molecule has 1 atom stereocenters. The summed E-state index contributed by atoms with van der Waals surface area (Å²) < 4.78 is 0. The van der Waals surface area contributed by atoms with Crippen molar-refractivity contribution in [3.8, 4) is 0 Å². The number of carbonyl (C=O) groups excluding carboxylic acids is 1. The number of nitrogens with zero attached hydrogens (tertiary/aromatic N) is 1. The van der Waals surface area contributed by atoms with Gasteiger partial charge in [0, 0.05) is 17.2 Å². The lowest BCUT2D eigenvalue weighted by Gasteiger charge is -2.21. The molecule has 1 amide bonds. The number of rotatable bonds is 6. The second-order valence-electron chi connectivity index (χ2n) is 6.32. The molecular weight excluding hydrogens is 304 g/mol. The monoisotopic (exact) mass is 326 g/mol. The third-order valence-electron chi connectivity index (χ3n) is 3.87. The Morgan fingerprint density at radius 1 is 1.17 bits per heavy atom. The molecule has 0 aliphatic rings. The van der Waals surface area contributed by atoms with Crippen molar-refractivity contribution in [2.75, 3.05) is 0 Å². The molecule has 0 aliphatic heterocycles. The smallest absolute Gasteiger partial charge is 0.272 e. The quantitative estimate of drug-likeness (QED) is 0.631. The van der Waals surface area contributed by atoms with Gasteiger partial charge >= 0.3 is 0 Å². The van der Waals surface area contributed by atoms with Crippen molar-refractivity contribution in [2.24, 2.45) is 5.92 Å². The van der Waals surface area contributed by atoms with E-state index in [1.54, 1.807) is 13.0 Å². The second kappa shape index (κ2) is 7.73. The minimum Gasteiger partial charge on any atom is -0.345 e. The topological polar surface area (TPSA) is 72.2 Å². The van der Waals surface area contributed by atoms with Gasteiger partial charge in [-0.1, -0.05) is 44.2 Å². The van der Waals surface area contributed by atoms with E-state index in [0.29, 0.717) is 17.0 Å². The van der Waals surface area contributed by atoms with Crippen molar-refractivity contribution in [3.63, 3.8) is 0 Å². The molecule has 0 bridgehead atoms. The molecule has 0 spiro atoms. The van der Waals surface area contributed by atoms with Crippen LogP contribution in [0.5, 0.6) is 0 Å². The Labute approximate surface area is 141 Å². The Hall–Kier alpha value is -2.69. The summed E-state index contributed by atoms with van der Waals surface area (Å²) in [5, 5.41) is 13.9. The van der Waals surface area contributed by atoms with E-state index in [2.05, 4.69) is 19.2 Å². The van der Waals surface area contributed by atoms with Crippen molar-refractivity contribution in [2.45, 2.75) is 33.2 Å². The van der Waals surface area contributed by atoms with Gasteiger partial charge in [0.25, 0.3) is 11.6 Å². The molecule has 5 heteroatoms. The average molecular weight is 326 g/mol. The van der Waals surface area contributed by atoms with Crippen LogP contribution in [0.4, 0.5) is 5.69 Å². The number of nitro groups is 1. The minimum absolute atomic E-state index is 0.0216. The van der Waals surface area contributed by atoms with E-state index in [4.69, 9.17) is 0 Å². The standard InChI is InChI=1S/C19H22N2O3/c1-13(2)11-17(15-7-5-4-6-8-15)20-19(22)16-9-10-18(21(23)24)14(3)12-16/h4-10,12-13,17H,11H2,1-3H3,(H,20,22)/t17-/m0/s1. The number of hydrogen-bond acceptors (Lipinski definition) is 3. The molecule has 2 rings (SSSR count). The predicted octanol–water partition coefficient (Wildman–Crippen LogP) is 4.42. The third kappa shape index (κ3) is 4.41. The van der Waals surface area contributed by atoms with Crippen molar-refractivity contribution in [3.05, 3.63) is 75.3 Å². The van der Waals surface area contributed by atoms with Gasteiger partial charge in [-0.25, -0.2) is 0 Å². The molecule has 2 aromatic carbocycles. The number of aryl methyl sites for hydroxylation is 1. The summed E-state index contributed by atoms with van der Waals surface area (Å²) in [5.41, 5.74) is 1.99. The number of hydrogen-bond donors (Lipinski definition) is 1. The van der Waals surface area contributed by atoms with E-state index in [-0.39, 0.29) is 17.6 Å². The van der Waals surface area contributed by atoms with Crippen molar-refractivity contribution < 1.29 is 9.72 Å². The van der Waals surface area contributed by atoms with Crippen LogP contribution in [0.3, 0.4) is 0 Å². The molecule has 2 aromatic rings. The van der Waals surface area contributed by atoms with Crippen molar-refractivity contribution in [1.82, 2.24) is 5.32 Å². The highest BCUT2D eigenvalue weighted by atomic mass is 16.6. The van der Waals surface area contributed by atoms with Crippen LogP contribution in [0, 0.1) is 23.0 Å². The van der Waals surface area contributed by atoms with E-state index >= 15 is 0 Å². The first-order valence-corrected chi connectivity index (χ1v) is 7.99. The maximum Gasteiger partial charge on any atom is 0.272 e. The molecule has 1 N–H and O–H groups in total. The molecule has 0 fully saturated rings. The van der Waals surface area contributed by atoms with Gasteiger partial charge in [0.1, 0.15) is 0 Å². The highest BCUT2D eigenvalue weighted by Gasteiger charge is 2.19. The number of amides is 1. The zero-order valence-corrected chi connectivity index (χ0v) is 14.2. The summed E-state index contributed by atoms with van der Waals surface area (Å²) >= 11 is 0. The van der Waals surface area contributed by atoms with Crippen LogP contribution in [0.1, 0.15) is 47.8 Å². The number of nitro benzene ring substituents is 1. The van der Waals surface area contributed by atoms with E-state index in [1.807, 2.05) is 30.3 Å². The molecule has 24 heavy (non-hydrogen) atoms. The highest BCUT2D eigenvalue weighted by Crippen LogP contribution is 2.23. The maximum absolute atomic E-state index is 12.6. The lowest BCUT2D eigenvalue weighted by molar-refractivity contribution is -0.385. The zero-order valence-electron chi connectivity index (χ0n) is 14.2. The molecule has 0 radical (unpaired) electrons. The van der Waals surface area contributed by atoms with Crippen LogP contribution in [-0.4, -0.2) is 10.8 Å². The summed E-state index contributed by atoms with van der Waals surface area (Å²) in [6.45, 7) is 5.86. The Kier molecular flexibility index (Phi) is 5.68. The summed E-state index contributed by atoms with van der Waals surface area (Å²) in [7, 11) is 0. The second-order valence-corrected chi connectivity index (χ2v) is 6.32. The summed E-state index contributed by atoms with van der Waals surface area (Å²) in [6, 6.07) is 14.2. The molecule has 0 saturated carbocycles. The fourth-order valence-electron chi connectivity index (χ4n) is 2.68. The molecule has 0 unspecified atom stereocenters. The number of benzene rings is 2. The Balaban J connectivity index is 2.21. The largest absolute Gasteiger partial charge is 0.345 e. The van der Waals surface area contributed by atoms with Crippen LogP contribution in [0.2, 0.25) is 0 Å². The highest BCUT2D eigenvalue weighted by molar-refractivity contribution is 5.95. The average Bonchev–Trinajstić information content (AvgIpc) is 2.54. The third-order valence-corrected chi connectivity index (χ3v) is 3.87. The van der Waals surface area contributed by atoms with E-state index < -0.39 is 4.92 Å². The molecule has 5 nitrogen and oxygen atoms in total. The molecule has 0 aliphatic carbocycles. The molecule has 126 valence electrons. The van der Waals surface area contributed by atoms with Crippen molar-refractivity contribution >= 4 is 11.6 Å². The number of nitrogens with one attached hydrogen (secondary N) is 1. The normalized spacial score (nSPS) is 12.0. The first-order valence-electron chi connectivity index (χ1n) is 7.99. The van der Waals surface area contributed by atoms with E-state index in [0.717, 1.165) is 12.0 Å². The first kappa shape index (κ1) is 17.7. The summed E-state index contributed by atoms with van der Waals surface area (Å²) in [4.78, 5) is 23.0. The molecule has 0 heterocycles. The fourth-order valence-corrected chi connectivity index (χ4v) is 2.68. The van der Waals surface area contributed by atoms with Crippen LogP contribution in [-0.2, 0) is 0 Å². The predicted molar refractivity (Wildman–Crippen MR) is 93.9 cm³/mol. The van der Waals surface area contributed by atoms with Crippen molar-refractivity contribution in [1.29, 1.82) is 0 Å². The molecular formula is C19H22N2O3. The first-order chi connectivity index (χ1) is 11.4. The molecule has 0 saturated heterocycles. The van der Waals surface area contributed by atoms with Gasteiger partial charge in [-0.2, -0.15) is 0 Å². The zero-order chi connectivity index (χ0) is 17.7. The lowest BCUT2D eigenvalue weighted by Crippen LogP contribution is -2.29. The summed E-state index contributed by atoms with van der Waals surface area (Å²) in [6.07, 6.45) is 0.821. The Morgan fingerprint density at radius 2 is 1.83 bits per heavy atom. The fraction of sp³-hybridized carbons (Fsp3) is 0.316. The SMILES string of the molecule is Cc1cc(C(=O)N[C@@H](CC(C)C)c2ccccc2)ccc1[N+](=O)[O-]. The van der Waals surface area contributed by atoms with Crippen LogP contribution >= 0.6 is 0 Å². The van der Waals surface area contributed by atoms with Gasteiger partial charge < -0.3 is 5.32 Å². The van der Waals surface area contributed by atoms with Gasteiger partial charge in [0.05, 0.1) is 11.0 Å². The van der Waals surface area contributed by atoms with E-state index in [1.165, 1.54) is 12.1 Å². The van der Waals surface area contributed by atoms with Gasteiger partial charge in [0.15, 0.2) is 0 Å². The van der Waals surface area contributed by atoms with Gasteiger partial charge in [0.2, 0.25) is 0 Å². The minimum atomic E-state index is -0.442. The van der Waals surface area contributed by atoms with Gasteiger partial charge in [-0.3, -0.25) is 14.9 Å². The van der Waals surface area contributed by atoms with E-state index in [9.17, 15) is 14.9 Å². The van der Waals surface area contributed by atoms with Crippen LogP contribution in [0.15, 0.2) is 48.5 Å². The molecule has 0 aromatic heterocycles. The Bertz CT molecular complexity index is 727.